The van der Waals surface area contributed by atoms with Crippen LogP contribution in [0, 0.1) is 0 Å². The van der Waals surface area contributed by atoms with Crippen molar-refractivity contribution >= 4 is 39.9 Å². The van der Waals surface area contributed by atoms with E-state index in [2.05, 4.69) is 141 Å². The average Bonchev–Trinajstić information content (AvgIpc) is 3.75. The zero-order valence-corrected chi connectivity index (χ0v) is 39.5. The molecule has 6 aromatic carbocycles. The normalized spacial score (nSPS) is 17.3. The Balaban J connectivity index is 0.000000196. The lowest BCUT2D eigenvalue weighted by Crippen LogP contribution is -2.34. The summed E-state index contributed by atoms with van der Waals surface area (Å²) in [5.41, 5.74) is 14.6. The highest BCUT2D eigenvalue weighted by molar-refractivity contribution is 5.84. The monoisotopic (exact) mass is 892 g/mol. The zero-order chi connectivity index (χ0) is 47.6. The van der Waals surface area contributed by atoms with Gasteiger partial charge in [-0.2, -0.15) is 0 Å². The van der Waals surface area contributed by atoms with Crippen LogP contribution in [-0.4, -0.2) is 35.2 Å². The van der Waals surface area contributed by atoms with E-state index in [0.29, 0.717) is 11.8 Å². The standard InChI is InChI=1S/C25H27NO2.C20H17N3.C10H18O5.H2/c1-25(2,3)28-24(27)26-23-16-20(21-10-6-7-11-22(21)23)15-17-12-13-18-8-4-5-9-19(18)14-17;21-23-22-20-13-17(18-7-3-4-8-19(18)20)12-14-9-10-15-5-1-2-6-16(15)11-14;1-9(2,3)14-7(11)13-8(12)15-10(4,5)6;/h4-14,20,23H,15-16H2,1-3H3,(H,26,27);1-11,17,20H,12-13H2;1-6H3;1H. The number of carbonyl (C=O) groups excluding carboxylic acids is 3. The molecule has 66 heavy (non-hydrogen) atoms. The molecule has 4 atom stereocenters. The molecule has 0 aromatic heterocycles. The molecule has 0 bridgehead atoms. The number of rotatable bonds is 6. The Labute approximate surface area is 389 Å². The van der Waals surface area contributed by atoms with E-state index in [1.54, 1.807) is 41.5 Å². The summed E-state index contributed by atoms with van der Waals surface area (Å²) in [4.78, 5) is 37.3. The topological polar surface area (TPSA) is 149 Å². The lowest BCUT2D eigenvalue weighted by molar-refractivity contribution is -0.0294. The number of hydrogen-bond donors (Lipinski definition) is 1. The third-order valence-electron chi connectivity index (χ3n) is 11.1. The second kappa shape index (κ2) is 21.0. The maximum Gasteiger partial charge on any atom is 0.519 e. The van der Waals surface area contributed by atoms with Crippen LogP contribution in [0.5, 0.6) is 0 Å². The van der Waals surface area contributed by atoms with Gasteiger partial charge < -0.3 is 24.3 Å². The van der Waals surface area contributed by atoms with Crippen molar-refractivity contribution in [2.24, 2.45) is 5.11 Å². The number of nitrogens with one attached hydrogen (secondary N) is 1. The molecule has 0 aliphatic heterocycles. The van der Waals surface area contributed by atoms with Gasteiger partial charge in [-0.05, 0) is 160 Å². The number of amides is 1. The number of azide groups is 1. The number of carbonyl (C=O) groups is 3. The van der Waals surface area contributed by atoms with Gasteiger partial charge in [-0.15, -0.1) is 0 Å². The van der Waals surface area contributed by atoms with Gasteiger partial charge in [0.05, 0.1) is 12.1 Å². The number of benzene rings is 6. The lowest BCUT2D eigenvalue weighted by atomic mass is 9.92. The molecule has 8 rings (SSSR count). The predicted octanol–water partition coefficient (Wildman–Crippen LogP) is 15.2. The molecule has 0 heterocycles. The van der Waals surface area contributed by atoms with Crippen molar-refractivity contribution in [3.8, 4) is 0 Å². The number of alkyl carbamates (subject to hydrolysis) is 1. The van der Waals surface area contributed by atoms with Crippen molar-refractivity contribution in [1.29, 1.82) is 0 Å². The molecule has 0 spiro atoms. The molecule has 0 saturated heterocycles. The highest BCUT2D eigenvalue weighted by atomic mass is 16.8. The van der Waals surface area contributed by atoms with E-state index < -0.39 is 29.1 Å². The molecule has 0 radical (unpaired) electrons. The van der Waals surface area contributed by atoms with Crippen LogP contribution in [0.25, 0.3) is 32.0 Å². The Bertz CT molecular complexity index is 2690. The number of fused-ring (bicyclic) bond motifs is 4. The second-order valence-corrected chi connectivity index (χ2v) is 19.8. The number of ether oxygens (including phenoxy) is 4. The van der Waals surface area contributed by atoms with Gasteiger partial charge in [0.15, 0.2) is 0 Å². The van der Waals surface area contributed by atoms with Crippen molar-refractivity contribution in [2.75, 3.05) is 0 Å². The van der Waals surface area contributed by atoms with E-state index in [4.69, 9.17) is 19.7 Å². The summed E-state index contributed by atoms with van der Waals surface area (Å²) in [7, 11) is 0. The fourth-order valence-corrected chi connectivity index (χ4v) is 8.50. The molecule has 346 valence electrons. The molecule has 11 heteroatoms. The largest absolute Gasteiger partial charge is 0.519 e. The van der Waals surface area contributed by atoms with Gasteiger partial charge in [-0.3, -0.25) is 0 Å². The van der Waals surface area contributed by atoms with Crippen molar-refractivity contribution in [3.05, 3.63) is 177 Å². The molecule has 1 N–H and O–H groups in total. The third kappa shape index (κ3) is 14.1. The van der Waals surface area contributed by atoms with Crippen LogP contribution in [0.4, 0.5) is 14.4 Å². The van der Waals surface area contributed by atoms with Crippen LogP contribution in [0.1, 0.15) is 134 Å². The van der Waals surface area contributed by atoms with Gasteiger partial charge in [0.1, 0.15) is 16.8 Å². The van der Waals surface area contributed by atoms with Gasteiger partial charge in [-0.1, -0.05) is 139 Å². The molecule has 0 saturated carbocycles. The SMILES string of the molecule is CC(C)(C)OC(=O)NC1CC(Cc2ccc3ccccc3c2)c2ccccc21.CC(C)(C)OC(=O)OC(=O)OC(C)(C)C.[HH].[N-]=[N+]=NC1CC(Cc2ccc3ccccc3c2)c2ccccc21. The highest BCUT2D eigenvalue weighted by Gasteiger charge is 2.33. The average molecular weight is 893 g/mol. The molecule has 11 nitrogen and oxygen atoms in total. The fraction of sp³-hybridized carbons (Fsp3) is 0.364. The molecular formula is C55H64N4O7. The minimum atomic E-state index is -1.06. The van der Waals surface area contributed by atoms with Crippen molar-refractivity contribution in [2.45, 2.75) is 129 Å². The summed E-state index contributed by atoms with van der Waals surface area (Å²) < 4.78 is 19.3. The van der Waals surface area contributed by atoms with Crippen LogP contribution >= 0.6 is 0 Å². The lowest BCUT2D eigenvalue weighted by Gasteiger charge is -2.22. The Morgan fingerprint density at radius 1 is 0.561 bits per heavy atom. The molecule has 0 fully saturated rings. The Morgan fingerprint density at radius 3 is 1.44 bits per heavy atom. The highest BCUT2D eigenvalue weighted by Crippen LogP contribution is 2.45. The number of nitrogens with zero attached hydrogens (tertiary/aromatic N) is 3. The molecule has 6 aromatic rings. The first kappa shape index (κ1) is 48.6. The first-order chi connectivity index (χ1) is 31.2. The van der Waals surface area contributed by atoms with Gasteiger partial charge in [-0.25, -0.2) is 14.4 Å². The summed E-state index contributed by atoms with van der Waals surface area (Å²) in [5, 5.41) is 12.2. The molecule has 2 aliphatic carbocycles. The summed E-state index contributed by atoms with van der Waals surface area (Å²) in [6, 6.07) is 47.1. The molecule has 4 unspecified atom stereocenters. The fourth-order valence-electron chi connectivity index (χ4n) is 8.50. The van der Waals surface area contributed by atoms with Gasteiger partial charge in [0.2, 0.25) is 0 Å². The smallest absolute Gasteiger partial charge is 0.444 e. The minimum Gasteiger partial charge on any atom is -0.444 e. The van der Waals surface area contributed by atoms with E-state index in [9.17, 15) is 14.4 Å². The van der Waals surface area contributed by atoms with Crippen molar-refractivity contribution in [1.82, 2.24) is 5.32 Å². The maximum absolute atomic E-state index is 12.3. The summed E-state index contributed by atoms with van der Waals surface area (Å²) in [6.07, 6.45) is 1.28. The molecule has 2 aliphatic rings. The van der Waals surface area contributed by atoms with Crippen molar-refractivity contribution in [3.63, 3.8) is 0 Å². The van der Waals surface area contributed by atoms with Gasteiger partial charge in [0.25, 0.3) is 0 Å². The second-order valence-electron chi connectivity index (χ2n) is 19.8. The summed E-state index contributed by atoms with van der Waals surface area (Å²) in [6.45, 7) is 15.7. The first-order valence-corrected chi connectivity index (χ1v) is 22.5. The minimum absolute atomic E-state index is 0. The molecular weight excluding hydrogens is 829 g/mol. The quantitative estimate of drug-likeness (QED) is 0.0437. The Kier molecular flexibility index (Phi) is 15.5. The van der Waals surface area contributed by atoms with Crippen molar-refractivity contribution < 1.29 is 34.8 Å². The van der Waals surface area contributed by atoms with E-state index >= 15 is 0 Å². The maximum atomic E-state index is 12.3. The summed E-state index contributed by atoms with van der Waals surface area (Å²) >= 11 is 0. The predicted molar refractivity (Wildman–Crippen MR) is 263 cm³/mol. The van der Waals surface area contributed by atoms with Crippen LogP contribution in [-0.2, 0) is 31.8 Å². The van der Waals surface area contributed by atoms with E-state index in [1.165, 1.54) is 54.9 Å². The van der Waals surface area contributed by atoms with E-state index in [0.717, 1.165) is 25.7 Å². The van der Waals surface area contributed by atoms with Gasteiger partial charge >= 0.3 is 18.4 Å². The van der Waals surface area contributed by atoms with Crippen LogP contribution < -0.4 is 5.32 Å². The zero-order valence-electron chi connectivity index (χ0n) is 39.5. The molecule has 1 amide bonds. The Hall–Kier alpha value is -6.84. The van der Waals surface area contributed by atoms with Crippen LogP contribution in [0.2, 0.25) is 0 Å². The number of hydrogen-bond acceptors (Lipinski definition) is 8. The van der Waals surface area contributed by atoms with Crippen LogP contribution in [0.15, 0.2) is 139 Å². The van der Waals surface area contributed by atoms with Gasteiger partial charge in [0, 0.05) is 6.34 Å². The van der Waals surface area contributed by atoms with E-state index in [1.807, 2.05) is 32.9 Å². The van der Waals surface area contributed by atoms with Crippen LogP contribution in [0.3, 0.4) is 0 Å². The summed E-state index contributed by atoms with van der Waals surface area (Å²) in [5.74, 6) is 0.806. The van der Waals surface area contributed by atoms with E-state index in [-0.39, 0.29) is 19.6 Å². The Morgan fingerprint density at radius 2 is 0.970 bits per heavy atom. The first-order valence-electron chi connectivity index (χ1n) is 22.5. The third-order valence-corrected chi connectivity index (χ3v) is 11.1.